The summed E-state index contributed by atoms with van der Waals surface area (Å²) in [6.45, 7) is 4.22. The Hall–Kier alpha value is -2.14. The van der Waals surface area contributed by atoms with Crippen molar-refractivity contribution in [1.29, 1.82) is 0 Å². The van der Waals surface area contributed by atoms with Crippen LogP contribution in [0.15, 0.2) is 53.0 Å². The molecule has 0 radical (unpaired) electrons. The predicted octanol–water partition coefficient (Wildman–Crippen LogP) is 3.85. The van der Waals surface area contributed by atoms with Crippen LogP contribution >= 0.6 is 15.9 Å². The smallest absolute Gasteiger partial charge is 0.242 e. The van der Waals surface area contributed by atoms with E-state index in [1.165, 1.54) is 5.56 Å². The van der Waals surface area contributed by atoms with E-state index in [-0.39, 0.29) is 11.8 Å². The Morgan fingerprint density at radius 2 is 1.62 bits per heavy atom. The van der Waals surface area contributed by atoms with Gasteiger partial charge in [-0.25, -0.2) is 0 Å². The molecule has 0 aliphatic carbocycles. The van der Waals surface area contributed by atoms with Crippen LogP contribution in [0, 0.1) is 6.92 Å². The highest BCUT2D eigenvalue weighted by molar-refractivity contribution is 9.10. The molecule has 0 aliphatic heterocycles. The summed E-state index contributed by atoms with van der Waals surface area (Å²) in [4.78, 5) is 26.6. The van der Waals surface area contributed by atoms with Crippen molar-refractivity contribution < 1.29 is 9.59 Å². The first-order valence-electron chi connectivity index (χ1n) is 8.71. The van der Waals surface area contributed by atoms with Crippen molar-refractivity contribution in [2.75, 3.05) is 7.05 Å². The van der Waals surface area contributed by atoms with Crippen LogP contribution in [0.4, 0.5) is 0 Å². The van der Waals surface area contributed by atoms with Gasteiger partial charge in [0.05, 0.1) is 0 Å². The first kappa shape index (κ1) is 20.2. The van der Waals surface area contributed by atoms with Gasteiger partial charge in [0.15, 0.2) is 0 Å². The second kappa shape index (κ2) is 9.53. The third-order valence-electron chi connectivity index (χ3n) is 4.43. The van der Waals surface area contributed by atoms with E-state index in [4.69, 9.17) is 0 Å². The van der Waals surface area contributed by atoms with E-state index < -0.39 is 6.04 Å². The van der Waals surface area contributed by atoms with E-state index in [9.17, 15) is 9.59 Å². The number of rotatable bonds is 7. The zero-order chi connectivity index (χ0) is 19.1. The molecule has 0 saturated heterocycles. The van der Waals surface area contributed by atoms with Gasteiger partial charge in [0.25, 0.3) is 0 Å². The summed E-state index contributed by atoms with van der Waals surface area (Å²) < 4.78 is 0.984. The predicted molar refractivity (Wildman–Crippen MR) is 108 cm³/mol. The van der Waals surface area contributed by atoms with Gasteiger partial charge in [0, 0.05) is 24.5 Å². The molecular weight excluding hydrogens is 392 g/mol. The van der Waals surface area contributed by atoms with Gasteiger partial charge in [-0.1, -0.05) is 57.9 Å². The maximum Gasteiger partial charge on any atom is 0.242 e. The normalized spacial score (nSPS) is 11.7. The minimum absolute atomic E-state index is 0.0235. The topological polar surface area (TPSA) is 49.4 Å². The van der Waals surface area contributed by atoms with Gasteiger partial charge in [-0.2, -0.15) is 0 Å². The summed E-state index contributed by atoms with van der Waals surface area (Å²) in [5, 5.41) is 2.63. The number of benzene rings is 2. The van der Waals surface area contributed by atoms with Crippen molar-refractivity contribution in [3.63, 3.8) is 0 Å². The average molecular weight is 417 g/mol. The highest BCUT2D eigenvalue weighted by Crippen LogP contribution is 2.16. The molecule has 0 saturated carbocycles. The highest BCUT2D eigenvalue weighted by Gasteiger charge is 2.25. The monoisotopic (exact) mass is 416 g/mol. The van der Waals surface area contributed by atoms with Gasteiger partial charge in [-0.05, 0) is 43.5 Å². The fourth-order valence-electron chi connectivity index (χ4n) is 2.73. The number of aryl methyl sites for hydroxylation is 2. The summed E-state index contributed by atoms with van der Waals surface area (Å²) in [5.41, 5.74) is 3.32. The Labute approximate surface area is 163 Å². The van der Waals surface area contributed by atoms with Gasteiger partial charge in [0.1, 0.15) is 6.04 Å². The third kappa shape index (κ3) is 5.70. The van der Waals surface area contributed by atoms with Crippen molar-refractivity contribution in [2.24, 2.45) is 0 Å². The van der Waals surface area contributed by atoms with Gasteiger partial charge >= 0.3 is 0 Å². The zero-order valence-electron chi connectivity index (χ0n) is 15.5. The van der Waals surface area contributed by atoms with E-state index >= 15 is 0 Å². The lowest BCUT2D eigenvalue weighted by Crippen LogP contribution is -2.46. The molecule has 4 nitrogen and oxygen atoms in total. The summed E-state index contributed by atoms with van der Waals surface area (Å²) in [6.07, 6.45) is 1.04. The van der Waals surface area contributed by atoms with Crippen LogP contribution in [0.1, 0.15) is 30.0 Å². The number of hydrogen-bond donors (Lipinski definition) is 1. The van der Waals surface area contributed by atoms with E-state index in [0.717, 1.165) is 15.6 Å². The minimum atomic E-state index is -0.519. The molecule has 0 spiro atoms. The molecular formula is C21H25BrN2O2. The van der Waals surface area contributed by atoms with Crippen LogP contribution in [-0.2, 0) is 22.6 Å². The van der Waals surface area contributed by atoms with Crippen LogP contribution in [0.3, 0.4) is 0 Å². The number of carbonyl (C=O) groups excluding carboxylic acids is 2. The quantitative estimate of drug-likeness (QED) is 0.744. The lowest BCUT2D eigenvalue weighted by atomic mass is 10.1. The highest BCUT2D eigenvalue weighted by atomic mass is 79.9. The van der Waals surface area contributed by atoms with Gasteiger partial charge in [-0.3, -0.25) is 9.59 Å². The Morgan fingerprint density at radius 1 is 1.04 bits per heavy atom. The lowest BCUT2D eigenvalue weighted by Gasteiger charge is -2.28. The summed E-state index contributed by atoms with van der Waals surface area (Å²) in [6, 6.07) is 15.5. The van der Waals surface area contributed by atoms with Crippen LogP contribution in [-0.4, -0.2) is 29.8 Å². The largest absolute Gasteiger partial charge is 0.357 e. The second-order valence-electron chi connectivity index (χ2n) is 6.42. The van der Waals surface area contributed by atoms with Crippen molar-refractivity contribution in [1.82, 2.24) is 10.2 Å². The van der Waals surface area contributed by atoms with Crippen molar-refractivity contribution in [3.05, 3.63) is 69.7 Å². The maximum absolute atomic E-state index is 12.9. The Bertz CT molecular complexity index is 742. The molecule has 2 aromatic carbocycles. The van der Waals surface area contributed by atoms with E-state index in [1.807, 2.05) is 55.5 Å². The zero-order valence-corrected chi connectivity index (χ0v) is 17.0. The average Bonchev–Trinajstić information content (AvgIpc) is 2.65. The lowest BCUT2D eigenvalue weighted by molar-refractivity contribution is -0.140. The molecule has 26 heavy (non-hydrogen) atoms. The number of carbonyl (C=O) groups is 2. The first-order chi connectivity index (χ1) is 12.4. The van der Waals surface area contributed by atoms with E-state index in [1.54, 1.807) is 18.9 Å². The fourth-order valence-corrected chi connectivity index (χ4v) is 2.99. The number of amides is 2. The summed E-state index contributed by atoms with van der Waals surface area (Å²) in [7, 11) is 1.59. The van der Waals surface area contributed by atoms with Gasteiger partial charge in [-0.15, -0.1) is 0 Å². The molecule has 0 bridgehead atoms. The molecule has 138 valence electrons. The number of likely N-dealkylation sites (N-methyl/N-ethyl adjacent to an activating group) is 1. The number of halogens is 1. The molecule has 0 unspecified atom stereocenters. The number of nitrogens with zero attached hydrogens (tertiary/aromatic N) is 1. The summed E-state index contributed by atoms with van der Waals surface area (Å²) in [5.74, 6) is -0.185. The molecule has 0 heterocycles. The van der Waals surface area contributed by atoms with Crippen LogP contribution < -0.4 is 5.32 Å². The Balaban J connectivity index is 2.10. The molecule has 0 fully saturated rings. The second-order valence-corrected chi connectivity index (χ2v) is 7.34. The number of hydrogen-bond acceptors (Lipinski definition) is 2. The van der Waals surface area contributed by atoms with Crippen LogP contribution in [0.2, 0.25) is 0 Å². The Morgan fingerprint density at radius 3 is 2.19 bits per heavy atom. The molecule has 2 rings (SSSR count). The fraction of sp³-hybridized carbons (Fsp3) is 0.333. The molecule has 1 atom stereocenters. The van der Waals surface area contributed by atoms with Crippen LogP contribution in [0.5, 0.6) is 0 Å². The standard InChI is InChI=1S/C21H25BrN2O2/c1-15-4-6-17(7-5-15)10-13-20(25)24(16(2)21(26)23-3)14-18-8-11-19(22)12-9-18/h4-9,11-12,16H,10,13-14H2,1-3H3,(H,23,26)/t16-/m0/s1. The summed E-state index contributed by atoms with van der Waals surface area (Å²) >= 11 is 3.42. The first-order valence-corrected chi connectivity index (χ1v) is 9.51. The van der Waals surface area contributed by atoms with Crippen molar-refractivity contribution >= 4 is 27.7 Å². The van der Waals surface area contributed by atoms with Gasteiger partial charge in [0.2, 0.25) is 11.8 Å². The molecule has 1 N–H and O–H groups in total. The molecule has 0 aliphatic rings. The minimum Gasteiger partial charge on any atom is -0.357 e. The van der Waals surface area contributed by atoms with E-state index in [0.29, 0.717) is 19.4 Å². The van der Waals surface area contributed by atoms with Crippen molar-refractivity contribution in [3.8, 4) is 0 Å². The molecule has 5 heteroatoms. The van der Waals surface area contributed by atoms with Gasteiger partial charge < -0.3 is 10.2 Å². The molecule has 2 amide bonds. The Kier molecular flexibility index (Phi) is 7.39. The maximum atomic E-state index is 12.9. The van der Waals surface area contributed by atoms with Crippen LogP contribution in [0.25, 0.3) is 0 Å². The van der Waals surface area contributed by atoms with Crippen molar-refractivity contribution in [2.45, 2.75) is 39.3 Å². The third-order valence-corrected chi connectivity index (χ3v) is 4.96. The number of nitrogens with one attached hydrogen (secondary N) is 1. The van der Waals surface area contributed by atoms with E-state index in [2.05, 4.69) is 21.2 Å². The SMILES string of the molecule is CNC(=O)[C@H](C)N(Cc1ccc(Br)cc1)C(=O)CCc1ccc(C)cc1. The molecule has 2 aromatic rings. The molecule has 0 aromatic heterocycles.